The average molecular weight is 238 g/mol. The topological polar surface area (TPSA) is 22.1 Å². The summed E-state index contributed by atoms with van der Waals surface area (Å²) in [5.74, 6) is -0.170. The van der Waals surface area contributed by atoms with E-state index in [2.05, 4.69) is 4.98 Å². The van der Waals surface area contributed by atoms with Crippen LogP contribution in [-0.4, -0.2) is 12.1 Å². The molecule has 0 amide bonds. The van der Waals surface area contributed by atoms with E-state index in [1.54, 1.807) is 30.5 Å². The highest BCUT2D eigenvalue weighted by molar-refractivity contribution is 6.29. The van der Waals surface area contributed by atoms with Gasteiger partial charge in [-0.25, -0.2) is 9.37 Å². The molecule has 1 heterocycles. The molecule has 16 heavy (non-hydrogen) atoms. The van der Waals surface area contributed by atoms with Gasteiger partial charge >= 0.3 is 0 Å². The molecule has 0 radical (unpaired) electrons. The molecule has 2 nitrogen and oxygen atoms in total. The van der Waals surface area contributed by atoms with Crippen molar-refractivity contribution in [1.82, 2.24) is 4.98 Å². The number of hydrogen-bond donors (Lipinski definition) is 0. The third kappa shape index (κ3) is 2.14. The summed E-state index contributed by atoms with van der Waals surface area (Å²) in [5.41, 5.74) is 1.71. The highest BCUT2D eigenvalue weighted by Gasteiger charge is 2.05. The van der Waals surface area contributed by atoms with Gasteiger partial charge in [-0.2, -0.15) is 0 Å². The number of aromatic nitrogens is 1. The van der Waals surface area contributed by atoms with Crippen LogP contribution in [0.5, 0.6) is 5.75 Å². The highest BCUT2D eigenvalue weighted by Crippen LogP contribution is 2.27. The van der Waals surface area contributed by atoms with E-state index in [0.29, 0.717) is 5.15 Å². The van der Waals surface area contributed by atoms with Crippen molar-refractivity contribution in [2.75, 3.05) is 7.11 Å². The van der Waals surface area contributed by atoms with Gasteiger partial charge in [-0.1, -0.05) is 17.7 Å². The number of ether oxygens (including phenoxy) is 1. The molecule has 0 bridgehead atoms. The molecule has 1 aromatic heterocycles. The Labute approximate surface area is 97.7 Å². The van der Waals surface area contributed by atoms with Crippen LogP contribution in [0.2, 0.25) is 5.15 Å². The lowest BCUT2D eigenvalue weighted by molar-refractivity contribution is 0.387. The Bertz CT molecular complexity index is 516. The highest BCUT2D eigenvalue weighted by atomic mass is 35.5. The number of benzene rings is 1. The fraction of sp³-hybridized carbons (Fsp3) is 0.0833. The fourth-order valence-corrected chi connectivity index (χ4v) is 1.60. The van der Waals surface area contributed by atoms with Gasteiger partial charge in [0.2, 0.25) is 0 Å². The molecule has 0 N–H and O–H groups in total. The van der Waals surface area contributed by atoms with Crippen molar-refractivity contribution >= 4 is 11.6 Å². The minimum Gasteiger partial charge on any atom is -0.494 e. The summed E-state index contributed by atoms with van der Waals surface area (Å²) in [6, 6.07) is 8.18. The quantitative estimate of drug-likeness (QED) is 0.746. The second-order valence-corrected chi connectivity index (χ2v) is 3.60. The minimum absolute atomic E-state index is 0.213. The third-order valence-corrected chi connectivity index (χ3v) is 2.42. The summed E-state index contributed by atoms with van der Waals surface area (Å²) < 4.78 is 18.1. The Balaban J connectivity index is 2.48. The zero-order chi connectivity index (χ0) is 11.5. The number of pyridine rings is 1. The fourth-order valence-electron chi connectivity index (χ4n) is 1.42. The largest absolute Gasteiger partial charge is 0.494 e. The van der Waals surface area contributed by atoms with Crippen molar-refractivity contribution in [2.24, 2.45) is 0 Å². The molecular weight excluding hydrogens is 229 g/mol. The van der Waals surface area contributed by atoms with Gasteiger partial charge in [-0.15, -0.1) is 0 Å². The molecule has 4 heteroatoms. The van der Waals surface area contributed by atoms with Gasteiger partial charge in [-0.05, 0) is 35.4 Å². The number of nitrogens with zero attached hydrogens (tertiary/aromatic N) is 1. The van der Waals surface area contributed by atoms with Crippen molar-refractivity contribution in [3.63, 3.8) is 0 Å². The van der Waals surface area contributed by atoms with E-state index in [9.17, 15) is 4.39 Å². The maximum Gasteiger partial charge on any atom is 0.165 e. The smallest absolute Gasteiger partial charge is 0.165 e. The predicted molar refractivity (Wildman–Crippen MR) is 61.2 cm³/mol. The zero-order valence-electron chi connectivity index (χ0n) is 8.58. The molecular formula is C12H9ClFNO. The van der Waals surface area contributed by atoms with Gasteiger partial charge in [-0.3, -0.25) is 0 Å². The van der Waals surface area contributed by atoms with E-state index < -0.39 is 0 Å². The van der Waals surface area contributed by atoms with E-state index in [1.807, 2.05) is 0 Å². The van der Waals surface area contributed by atoms with Crippen LogP contribution in [0, 0.1) is 5.82 Å². The van der Waals surface area contributed by atoms with E-state index in [0.717, 1.165) is 11.1 Å². The molecule has 1 aromatic carbocycles. The number of methoxy groups -OCH3 is 1. The Hall–Kier alpha value is -1.61. The maximum atomic E-state index is 13.2. The van der Waals surface area contributed by atoms with Crippen LogP contribution in [0.15, 0.2) is 36.5 Å². The Kier molecular flexibility index (Phi) is 3.06. The first-order valence-corrected chi connectivity index (χ1v) is 5.04. The Morgan fingerprint density at radius 1 is 1.19 bits per heavy atom. The number of rotatable bonds is 2. The lowest BCUT2D eigenvalue weighted by atomic mass is 10.1. The van der Waals surface area contributed by atoms with E-state index >= 15 is 0 Å². The standard InChI is InChI=1S/C12H9ClFNO/c1-16-11-6-8(2-3-10(11)14)9-4-5-15-12(13)7-9/h2-7H,1H3. The van der Waals surface area contributed by atoms with Gasteiger partial charge < -0.3 is 4.74 Å². The second-order valence-electron chi connectivity index (χ2n) is 3.22. The van der Waals surface area contributed by atoms with Gasteiger partial charge in [0.25, 0.3) is 0 Å². The van der Waals surface area contributed by atoms with Gasteiger partial charge in [0, 0.05) is 6.20 Å². The normalized spacial score (nSPS) is 10.2. The number of hydrogen-bond acceptors (Lipinski definition) is 2. The molecule has 0 aliphatic carbocycles. The van der Waals surface area contributed by atoms with Crippen molar-refractivity contribution in [2.45, 2.75) is 0 Å². The summed E-state index contributed by atoms with van der Waals surface area (Å²) in [7, 11) is 1.43. The first kappa shape index (κ1) is 10.9. The third-order valence-electron chi connectivity index (χ3n) is 2.21. The lowest BCUT2D eigenvalue weighted by Crippen LogP contribution is -1.89. The minimum atomic E-state index is -0.383. The molecule has 0 atom stereocenters. The van der Waals surface area contributed by atoms with Crippen LogP contribution in [0.3, 0.4) is 0 Å². The molecule has 2 aromatic rings. The van der Waals surface area contributed by atoms with Crippen molar-refractivity contribution in [1.29, 1.82) is 0 Å². The predicted octanol–water partition coefficient (Wildman–Crippen LogP) is 3.55. The van der Waals surface area contributed by atoms with E-state index in [4.69, 9.17) is 16.3 Å². The van der Waals surface area contributed by atoms with Crippen LogP contribution in [0.1, 0.15) is 0 Å². The van der Waals surface area contributed by atoms with Crippen LogP contribution in [-0.2, 0) is 0 Å². The van der Waals surface area contributed by atoms with E-state index in [-0.39, 0.29) is 11.6 Å². The average Bonchev–Trinajstić information content (AvgIpc) is 2.29. The van der Waals surface area contributed by atoms with Gasteiger partial charge in [0.05, 0.1) is 7.11 Å². The Morgan fingerprint density at radius 3 is 2.62 bits per heavy atom. The number of halogens is 2. The summed E-state index contributed by atoms with van der Waals surface area (Å²) in [5, 5.41) is 0.404. The summed E-state index contributed by atoms with van der Waals surface area (Å²) in [6.45, 7) is 0. The Morgan fingerprint density at radius 2 is 1.94 bits per heavy atom. The summed E-state index contributed by atoms with van der Waals surface area (Å²) in [6.07, 6.45) is 1.60. The molecule has 2 rings (SSSR count). The van der Waals surface area contributed by atoms with E-state index in [1.165, 1.54) is 13.2 Å². The molecule has 0 spiro atoms. The zero-order valence-corrected chi connectivity index (χ0v) is 9.33. The SMILES string of the molecule is COc1cc(-c2ccnc(Cl)c2)ccc1F. The summed E-state index contributed by atoms with van der Waals surface area (Å²) in [4.78, 5) is 3.89. The van der Waals surface area contributed by atoms with Gasteiger partial charge in [0.15, 0.2) is 11.6 Å². The molecule has 82 valence electrons. The maximum absolute atomic E-state index is 13.2. The van der Waals surface area contributed by atoms with Crippen LogP contribution in [0.4, 0.5) is 4.39 Å². The molecule has 0 aliphatic heterocycles. The molecule has 0 unspecified atom stereocenters. The van der Waals surface area contributed by atoms with Crippen LogP contribution >= 0.6 is 11.6 Å². The molecule has 0 fully saturated rings. The monoisotopic (exact) mass is 237 g/mol. The van der Waals surface area contributed by atoms with Crippen LogP contribution < -0.4 is 4.74 Å². The van der Waals surface area contributed by atoms with Crippen LogP contribution in [0.25, 0.3) is 11.1 Å². The van der Waals surface area contributed by atoms with Crippen molar-refractivity contribution < 1.29 is 9.13 Å². The first-order valence-electron chi connectivity index (χ1n) is 4.66. The first-order chi connectivity index (χ1) is 7.70. The molecule has 0 aliphatic rings. The second kappa shape index (κ2) is 4.49. The van der Waals surface area contributed by atoms with Gasteiger partial charge in [0.1, 0.15) is 5.15 Å². The molecule has 0 saturated carbocycles. The lowest BCUT2D eigenvalue weighted by Gasteiger charge is -2.05. The molecule has 0 saturated heterocycles. The van der Waals surface area contributed by atoms with Crippen molar-refractivity contribution in [3.8, 4) is 16.9 Å². The van der Waals surface area contributed by atoms with Crippen molar-refractivity contribution in [3.05, 3.63) is 47.5 Å². The summed E-state index contributed by atoms with van der Waals surface area (Å²) >= 11 is 5.78.